The molecule has 2 aliphatic carbocycles. The molecule has 3 amide bonds. The van der Waals surface area contributed by atoms with Gasteiger partial charge in [-0.3, -0.25) is 19.3 Å². The van der Waals surface area contributed by atoms with E-state index in [1.54, 1.807) is 6.92 Å². The molecule has 5 heteroatoms. The molecule has 5 atom stereocenters. The molecular weight excluding hydrogens is 316 g/mol. The molecule has 5 nitrogen and oxygen atoms in total. The van der Waals surface area contributed by atoms with E-state index in [1.165, 1.54) is 30.6 Å². The number of likely N-dealkylation sites (tertiary alicyclic amines) is 2. The monoisotopic (exact) mass is 346 g/mol. The zero-order valence-electron chi connectivity index (χ0n) is 15.3. The molecule has 2 saturated heterocycles. The van der Waals surface area contributed by atoms with Gasteiger partial charge in [0.15, 0.2) is 0 Å². The van der Waals surface area contributed by atoms with Crippen LogP contribution in [0.3, 0.4) is 0 Å². The molecular formula is C20H30N2O3. The van der Waals surface area contributed by atoms with E-state index in [1.807, 2.05) is 4.90 Å². The fraction of sp³-hybridized carbons (Fsp3) is 0.850. The quantitative estimate of drug-likeness (QED) is 0.723. The van der Waals surface area contributed by atoms with Crippen molar-refractivity contribution in [3.05, 3.63) is 0 Å². The first-order valence-electron chi connectivity index (χ1n) is 10.3. The lowest BCUT2D eigenvalue weighted by atomic mass is 9.78. The molecule has 0 bridgehead atoms. The lowest BCUT2D eigenvalue weighted by Crippen LogP contribution is -2.56. The van der Waals surface area contributed by atoms with Gasteiger partial charge in [-0.15, -0.1) is 0 Å². The van der Waals surface area contributed by atoms with Gasteiger partial charge in [0.05, 0.1) is 11.8 Å². The average molecular weight is 346 g/mol. The minimum atomic E-state index is -0.633. The summed E-state index contributed by atoms with van der Waals surface area (Å²) in [4.78, 5) is 42.2. The molecule has 25 heavy (non-hydrogen) atoms. The van der Waals surface area contributed by atoms with Crippen molar-refractivity contribution in [2.45, 2.75) is 83.2 Å². The van der Waals surface area contributed by atoms with Crippen molar-refractivity contribution >= 4 is 17.7 Å². The molecule has 0 aromatic rings. The minimum Gasteiger partial charge on any atom is -0.338 e. The molecule has 2 saturated carbocycles. The molecule has 0 aromatic carbocycles. The summed E-state index contributed by atoms with van der Waals surface area (Å²) in [6, 6.07) is -0.307. The van der Waals surface area contributed by atoms with E-state index in [-0.39, 0.29) is 29.6 Å². The number of hydrogen-bond donors (Lipinski definition) is 0. The number of hydrogen-bond acceptors (Lipinski definition) is 3. The first-order valence-corrected chi connectivity index (χ1v) is 10.3. The van der Waals surface area contributed by atoms with Crippen LogP contribution in [0.2, 0.25) is 0 Å². The van der Waals surface area contributed by atoms with Crippen molar-refractivity contribution in [3.63, 3.8) is 0 Å². The van der Waals surface area contributed by atoms with Gasteiger partial charge in [0.2, 0.25) is 17.7 Å². The second-order valence-electron chi connectivity index (χ2n) is 8.51. The predicted octanol–water partition coefficient (Wildman–Crippen LogP) is 2.73. The van der Waals surface area contributed by atoms with E-state index in [9.17, 15) is 14.4 Å². The minimum absolute atomic E-state index is 0.00283. The van der Waals surface area contributed by atoms with Gasteiger partial charge < -0.3 is 4.90 Å². The van der Waals surface area contributed by atoms with Gasteiger partial charge in [-0.2, -0.15) is 0 Å². The highest BCUT2D eigenvalue weighted by atomic mass is 16.2. The Morgan fingerprint density at radius 1 is 0.880 bits per heavy atom. The van der Waals surface area contributed by atoms with Crippen LogP contribution < -0.4 is 0 Å². The number of rotatable bonds is 2. The molecule has 4 aliphatic rings. The lowest BCUT2D eigenvalue weighted by Gasteiger charge is -2.45. The molecule has 0 radical (unpaired) electrons. The Bertz CT molecular complexity index is 549. The maximum Gasteiger partial charge on any atom is 0.245 e. The van der Waals surface area contributed by atoms with Crippen LogP contribution in [0, 0.1) is 17.8 Å². The van der Waals surface area contributed by atoms with Crippen LogP contribution in [0.15, 0.2) is 0 Å². The largest absolute Gasteiger partial charge is 0.338 e. The van der Waals surface area contributed by atoms with E-state index in [4.69, 9.17) is 0 Å². The van der Waals surface area contributed by atoms with Crippen LogP contribution in [0.25, 0.3) is 0 Å². The van der Waals surface area contributed by atoms with Crippen molar-refractivity contribution < 1.29 is 14.4 Å². The fourth-order valence-electron chi connectivity index (χ4n) is 5.82. The Labute approximate surface area is 150 Å². The van der Waals surface area contributed by atoms with Crippen LogP contribution >= 0.6 is 0 Å². The Kier molecular flexibility index (Phi) is 4.59. The number of imide groups is 1. The zero-order valence-corrected chi connectivity index (χ0v) is 15.3. The molecule has 0 spiro atoms. The topological polar surface area (TPSA) is 57.7 Å². The van der Waals surface area contributed by atoms with E-state index in [0.717, 1.165) is 45.1 Å². The number of nitrogens with zero attached hydrogens (tertiary/aromatic N) is 2. The molecule has 138 valence electrons. The van der Waals surface area contributed by atoms with Crippen LogP contribution in [-0.4, -0.2) is 46.1 Å². The first kappa shape index (κ1) is 17.0. The summed E-state index contributed by atoms with van der Waals surface area (Å²) in [5.41, 5.74) is 0. The molecule has 4 rings (SSSR count). The fourth-order valence-corrected chi connectivity index (χ4v) is 5.82. The maximum atomic E-state index is 13.2. The summed E-state index contributed by atoms with van der Waals surface area (Å²) in [6.07, 6.45) is 10.7. The zero-order chi connectivity index (χ0) is 17.6. The molecule has 2 aliphatic heterocycles. The van der Waals surface area contributed by atoms with Crippen molar-refractivity contribution in [3.8, 4) is 0 Å². The van der Waals surface area contributed by atoms with Gasteiger partial charge in [-0.25, -0.2) is 0 Å². The van der Waals surface area contributed by atoms with Crippen molar-refractivity contribution in [1.29, 1.82) is 0 Å². The summed E-state index contributed by atoms with van der Waals surface area (Å²) >= 11 is 0. The smallest absolute Gasteiger partial charge is 0.245 e. The van der Waals surface area contributed by atoms with E-state index in [0.29, 0.717) is 12.0 Å². The van der Waals surface area contributed by atoms with Gasteiger partial charge in [-0.05, 0) is 51.4 Å². The third-order valence-corrected chi connectivity index (χ3v) is 7.15. The number of carbonyl (C=O) groups excluding carboxylic acids is 3. The third-order valence-electron chi connectivity index (χ3n) is 7.15. The summed E-state index contributed by atoms with van der Waals surface area (Å²) in [5.74, 6) is 0.101. The normalized spacial score (nSPS) is 36.8. The molecule has 5 unspecified atom stereocenters. The second-order valence-corrected chi connectivity index (χ2v) is 8.51. The molecule has 0 N–H and O–H groups in total. The Hall–Kier alpha value is -1.39. The van der Waals surface area contributed by atoms with Gasteiger partial charge in [0.1, 0.15) is 6.04 Å². The van der Waals surface area contributed by atoms with Crippen molar-refractivity contribution in [2.75, 3.05) is 6.54 Å². The SMILES string of the molecule is CC(C(=O)N1CCCC2CCCCC21)N1C(=O)C2CCCCC2C1=O. The molecule has 2 heterocycles. The van der Waals surface area contributed by atoms with Gasteiger partial charge in [-0.1, -0.05) is 25.7 Å². The van der Waals surface area contributed by atoms with Crippen LogP contribution in [-0.2, 0) is 14.4 Å². The number of fused-ring (bicyclic) bond motifs is 2. The van der Waals surface area contributed by atoms with Crippen LogP contribution in [0.5, 0.6) is 0 Å². The van der Waals surface area contributed by atoms with E-state index < -0.39 is 6.04 Å². The van der Waals surface area contributed by atoms with Gasteiger partial charge >= 0.3 is 0 Å². The Balaban J connectivity index is 1.51. The average Bonchev–Trinajstić information content (AvgIpc) is 2.91. The van der Waals surface area contributed by atoms with Crippen molar-refractivity contribution in [2.24, 2.45) is 17.8 Å². The van der Waals surface area contributed by atoms with Crippen molar-refractivity contribution in [1.82, 2.24) is 9.80 Å². The number of carbonyl (C=O) groups is 3. The van der Waals surface area contributed by atoms with E-state index in [2.05, 4.69) is 0 Å². The highest BCUT2D eigenvalue weighted by molar-refractivity contribution is 6.08. The first-order chi connectivity index (χ1) is 12.1. The predicted molar refractivity (Wildman–Crippen MR) is 93.5 cm³/mol. The van der Waals surface area contributed by atoms with Crippen LogP contribution in [0.4, 0.5) is 0 Å². The van der Waals surface area contributed by atoms with Gasteiger partial charge in [0.25, 0.3) is 0 Å². The summed E-state index contributed by atoms with van der Waals surface area (Å²) in [5, 5.41) is 0. The number of amides is 3. The molecule has 0 aromatic heterocycles. The Morgan fingerprint density at radius 3 is 2.12 bits per heavy atom. The highest BCUT2D eigenvalue weighted by Crippen LogP contribution is 2.40. The Morgan fingerprint density at radius 2 is 1.44 bits per heavy atom. The highest BCUT2D eigenvalue weighted by Gasteiger charge is 2.51. The van der Waals surface area contributed by atoms with E-state index >= 15 is 0 Å². The van der Waals surface area contributed by atoms with Crippen LogP contribution in [0.1, 0.15) is 71.1 Å². The second kappa shape index (κ2) is 6.73. The lowest BCUT2D eigenvalue weighted by molar-refractivity contribution is -0.154. The third kappa shape index (κ3) is 2.80. The maximum absolute atomic E-state index is 13.2. The summed E-state index contributed by atoms with van der Waals surface area (Å²) in [6.45, 7) is 2.55. The van der Waals surface area contributed by atoms with Gasteiger partial charge in [0, 0.05) is 12.6 Å². The standard InChI is InChI=1S/C20H30N2O3/c1-13(22-19(24)15-9-3-4-10-16(15)20(22)25)18(23)21-12-6-8-14-7-2-5-11-17(14)21/h13-17H,2-12H2,1H3. The summed E-state index contributed by atoms with van der Waals surface area (Å²) in [7, 11) is 0. The molecule has 4 fully saturated rings. The summed E-state index contributed by atoms with van der Waals surface area (Å²) < 4.78 is 0. The number of piperidine rings is 1.